The maximum Gasteiger partial charge on any atom is 0.0902 e. The zero-order valence-electron chi connectivity index (χ0n) is 6.51. The lowest BCUT2D eigenvalue weighted by molar-refractivity contribution is -0.0884. The minimum absolute atomic E-state index is 0.562. The Bertz CT molecular complexity index is 104. The highest BCUT2D eigenvalue weighted by Crippen LogP contribution is 2.30. The molecule has 1 atom stereocenters. The molecule has 1 unspecified atom stereocenters. The van der Waals surface area contributed by atoms with Crippen molar-refractivity contribution in [3.8, 4) is 0 Å². The summed E-state index contributed by atoms with van der Waals surface area (Å²) in [4.78, 5) is 0. The second kappa shape index (κ2) is 2.89. The van der Waals surface area contributed by atoms with E-state index in [-0.39, 0.29) is 0 Å². The summed E-state index contributed by atoms with van der Waals surface area (Å²) in [5, 5.41) is 18.9. The Balaban J connectivity index is 2.48. The molecule has 2 N–H and O–H groups in total. The zero-order chi connectivity index (χ0) is 7.61. The van der Waals surface area contributed by atoms with Gasteiger partial charge in [0.05, 0.1) is 11.7 Å². The Morgan fingerprint density at radius 1 is 1.20 bits per heavy atom. The van der Waals surface area contributed by atoms with Crippen molar-refractivity contribution < 1.29 is 10.2 Å². The highest BCUT2D eigenvalue weighted by molar-refractivity contribution is 4.86. The predicted octanol–water partition coefficient (Wildman–Crippen LogP) is 1.06. The molecular weight excluding hydrogens is 128 g/mol. The maximum atomic E-state index is 9.70. The Morgan fingerprint density at radius 3 is 2.00 bits per heavy atom. The quantitative estimate of drug-likeness (QED) is 0.577. The molecule has 1 aliphatic rings. The Kier molecular flexibility index (Phi) is 2.32. The fourth-order valence-electron chi connectivity index (χ4n) is 1.58. The second-order valence-corrected chi connectivity index (χ2v) is 3.34. The Morgan fingerprint density at radius 2 is 1.70 bits per heavy atom. The molecule has 2 nitrogen and oxygen atoms in total. The van der Waals surface area contributed by atoms with Gasteiger partial charge in [0.25, 0.3) is 0 Å². The summed E-state index contributed by atoms with van der Waals surface area (Å²) in [5.41, 5.74) is -0.766. The number of rotatable bonds is 1. The summed E-state index contributed by atoms with van der Waals surface area (Å²) < 4.78 is 0. The van der Waals surface area contributed by atoms with Crippen LogP contribution in [0.4, 0.5) is 0 Å². The van der Waals surface area contributed by atoms with Crippen molar-refractivity contribution in [2.75, 3.05) is 0 Å². The van der Waals surface area contributed by atoms with Gasteiger partial charge in [-0.25, -0.2) is 0 Å². The largest absolute Gasteiger partial charge is 0.390 e. The molecule has 0 saturated heterocycles. The van der Waals surface area contributed by atoms with Gasteiger partial charge in [-0.1, -0.05) is 19.3 Å². The molecule has 0 heterocycles. The van der Waals surface area contributed by atoms with Gasteiger partial charge in [0.15, 0.2) is 0 Å². The van der Waals surface area contributed by atoms with Gasteiger partial charge in [0.2, 0.25) is 0 Å². The van der Waals surface area contributed by atoms with Crippen LogP contribution in [-0.2, 0) is 0 Å². The van der Waals surface area contributed by atoms with Gasteiger partial charge in [0.1, 0.15) is 0 Å². The van der Waals surface area contributed by atoms with Crippen LogP contribution in [0.25, 0.3) is 0 Å². The SMILES string of the molecule is CC(O)C1(O)CCCCC1. The third-order valence-corrected chi connectivity index (χ3v) is 2.50. The number of hydrogen-bond donors (Lipinski definition) is 2. The molecular formula is C8H16O2. The van der Waals surface area contributed by atoms with E-state index >= 15 is 0 Å². The van der Waals surface area contributed by atoms with Crippen molar-refractivity contribution in [1.82, 2.24) is 0 Å². The molecule has 0 amide bonds. The Hall–Kier alpha value is -0.0800. The van der Waals surface area contributed by atoms with Gasteiger partial charge in [-0.3, -0.25) is 0 Å². The van der Waals surface area contributed by atoms with Gasteiger partial charge in [-0.15, -0.1) is 0 Å². The molecule has 0 bridgehead atoms. The van der Waals surface area contributed by atoms with Gasteiger partial charge in [-0.2, -0.15) is 0 Å². The van der Waals surface area contributed by atoms with Crippen LogP contribution in [0, 0.1) is 0 Å². The van der Waals surface area contributed by atoms with E-state index in [4.69, 9.17) is 0 Å². The smallest absolute Gasteiger partial charge is 0.0902 e. The van der Waals surface area contributed by atoms with Gasteiger partial charge in [0, 0.05) is 0 Å². The first-order valence-corrected chi connectivity index (χ1v) is 4.05. The summed E-state index contributed by atoms with van der Waals surface area (Å²) in [5.74, 6) is 0. The van der Waals surface area contributed by atoms with Crippen molar-refractivity contribution >= 4 is 0 Å². The summed E-state index contributed by atoms with van der Waals surface area (Å²) in [6.45, 7) is 1.67. The average Bonchev–Trinajstić information content (AvgIpc) is 1.89. The molecule has 0 radical (unpaired) electrons. The van der Waals surface area contributed by atoms with E-state index in [0.29, 0.717) is 0 Å². The molecule has 1 saturated carbocycles. The van der Waals surface area contributed by atoms with Gasteiger partial charge >= 0.3 is 0 Å². The summed E-state index contributed by atoms with van der Waals surface area (Å²) in [6, 6.07) is 0. The van der Waals surface area contributed by atoms with Crippen LogP contribution in [-0.4, -0.2) is 21.9 Å². The normalized spacial score (nSPS) is 27.9. The summed E-state index contributed by atoms with van der Waals surface area (Å²) in [7, 11) is 0. The summed E-state index contributed by atoms with van der Waals surface area (Å²) in [6.07, 6.45) is 4.29. The average molecular weight is 144 g/mol. The molecule has 1 fully saturated rings. The highest BCUT2D eigenvalue weighted by atomic mass is 16.3. The molecule has 0 aliphatic heterocycles. The van der Waals surface area contributed by atoms with E-state index in [1.165, 1.54) is 6.42 Å². The van der Waals surface area contributed by atoms with Crippen LogP contribution >= 0.6 is 0 Å². The lowest BCUT2D eigenvalue weighted by Crippen LogP contribution is -2.42. The maximum absolute atomic E-state index is 9.70. The lowest BCUT2D eigenvalue weighted by Gasteiger charge is -2.34. The minimum atomic E-state index is -0.766. The van der Waals surface area contributed by atoms with E-state index in [1.807, 2.05) is 0 Å². The standard InChI is InChI=1S/C8H16O2/c1-7(9)8(10)5-3-2-4-6-8/h7,9-10H,2-6H2,1H3. The molecule has 0 aromatic rings. The zero-order valence-corrected chi connectivity index (χ0v) is 6.51. The third kappa shape index (κ3) is 1.50. The predicted molar refractivity (Wildman–Crippen MR) is 39.7 cm³/mol. The van der Waals surface area contributed by atoms with Crippen molar-refractivity contribution in [2.24, 2.45) is 0 Å². The summed E-state index contributed by atoms with van der Waals surface area (Å²) >= 11 is 0. The molecule has 0 aromatic heterocycles. The van der Waals surface area contributed by atoms with E-state index in [0.717, 1.165) is 25.7 Å². The Labute approximate surface area is 61.9 Å². The van der Waals surface area contributed by atoms with Crippen molar-refractivity contribution in [2.45, 2.75) is 50.7 Å². The first kappa shape index (κ1) is 8.02. The molecule has 10 heavy (non-hydrogen) atoms. The molecule has 1 aliphatic carbocycles. The van der Waals surface area contributed by atoms with Crippen LogP contribution in [0.5, 0.6) is 0 Å². The van der Waals surface area contributed by atoms with E-state index in [2.05, 4.69) is 0 Å². The molecule has 60 valence electrons. The highest BCUT2D eigenvalue weighted by Gasteiger charge is 2.33. The second-order valence-electron chi connectivity index (χ2n) is 3.34. The minimum Gasteiger partial charge on any atom is -0.390 e. The van der Waals surface area contributed by atoms with Crippen molar-refractivity contribution in [1.29, 1.82) is 0 Å². The third-order valence-electron chi connectivity index (χ3n) is 2.50. The van der Waals surface area contributed by atoms with Gasteiger partial charge in [-0.05, 0) is 19.8 Å². The fourth-order valence-corrected chi connectivity index (χ4v) is 1.58. The van der Waals surface area contributed by atoms with Gasteiger partial charge < -0.3 is 10.2 Å². The number of aliphatic hydroxyl groups is 2. The number of hydrogen-bond acceptors (Lipinski definition) is 2. The topological polar surface area (TPSA) is 40.5 Å². The molecule has 0 aromatic carbocycles. The van der Waals surface area contributed by atoms with Crippen LogP contribution in [0.3, 0.4) is 0 Å². The fraction of sp³-hybridized carbons (Fsp3) is 1.00. The molecule has 1 rings (SSSR count). The van der Waals surface area contributed by atoms with Crippen LogP contribution in [0.2, 0.25) is 0 Å². The van der Waals surface area contributed by atoms with Crippen LogP contribution < -0.4 is 0 Å². The molecule has 0 spiro atoms. The van der Waals surface area contributed by atoms with Crippen LogP contribution in [0.15, 0.2) is 0 Å². The number of aliphatic hydroxyl groups excluding tert-OH is 1. The van der Waals surface area contributed by atoms with E-state index in [1.54, 1.807) is 6.92 Å². The van der Waals surface area contributed by atoms with Crippen LogP contribution in [0.1, 0.15) is 39.0 Å². The monoisotopic (exact) mass is 144 g/mol. The first-order valence-electron chi connectivity index (χ1n) is 4.05. The van der Waals surface area contributed by atoms with E-state index < -0.39 is 11.7 Å². The lowest BCUT2D eigenvalue weighted by atomic mass is 9.81. The van der Waals surface area contributed by atoms with E-state index in [9.17, 15) is 10.2 Å². The molecule has 2 heteroatoms. The van der Waals surface area contributed by atoms with Crippen molar-refractivity contribution in [3.05, 3.63) is 0 Å². The van der Waals surface area contributed by atoms with Crippen molar-refractivity contribution in [3.63, 3.8) is 0 Å². The first-order chi connectivity index (χ1) is 4.65.